The first kappa shape index (κ1) is 40.8. The van der Waals surface area contributed by atoms with Crippen molar-refractivity contribution in [2.24, 2.45) is 0 Å². The summed E-state index contributed by atoms with van der Waals surface area (Å²) in [6, 6.07) is 20.4. The topological polar surface area (TPSA) is 128 Å². The van der Waals surface area contributed by atoms with Crippen LogP contribution < -0.4 is 25.0 Å². The van der Waals surface area contributed by atoms with Crippen LogP contribution in [0.4, 0.5) is 10.5 Å². The number of amides is 2. The Labute approximate surface area is 326 Å². The lowest BCUT2D eigenvalue weighted by Gasteiger charge is -2.45. The fourth-order valence-corrected chi connectivity index (χ4v) is 9.61. The van der Waals surface area contributed by atoms with Crippen LogP contribution in [0, 0.1) is 6.92 Å². The number of urea groups is 1. The Morgan fingerprint density at radius 1 is 0.982 bits per heavy atom. The summed E-state index contributed by atoms with van der Waals surface area (Å²) >= 11 is 0. The van der Waals surface area contributed by atoms with Crippen LogP contribution >= 0.6 is 0 Å². The number of benzene rings is 3. The molecule has 55 heavy (non-hydrogen) atoms. The molecule has 0 saturated carbocycles. The summed E-state index contributed by atoms with van der Waals surface area (Å²) in [6.45, 7) is 10.5. The van der Waals surface area contributed by atoms with Crippen LogP contribution in [0.2, 0.25) is 0 Å². The zero-order valence-corrected chi connectivity index (χ0v) is 33.7. The fourth-order valence-electron chi connectivity index (χ4n) is 7.97. The number of hydrogen-bond donors (Lipinski definition) is 2. The second-order valence-corrected chi connectivity index (χ2v) is 17.5. The van der Waals surface area contributed by atoms with Crippen LogP contribution in [0.15, 0.2) is 71.6 Å². The average Bonchev–Trinajstić information content (AvgIpc) is 3.17. The van der Waals surface area contributed by atoms with Crippen molar-refractivity contribution < 1.29 is 36.9 Å². The van der Waals surface area contributed by atoms with Crippen molar-refractivity contribution in [1.82, 2.24) is 14.9 Å². The van der Waals surface area contributed by atoms with E-state index in [0.717, 1.165) is 66.2 Å². The van der Waals surface area contributed by atoms with Crippen molar-refractivity contribution in [2.45, 2.75) is 94.0 Å². The molecule has 0 spiro atoms. The maximum absolute atomic E-state index is 14.6. The van der Waals surface area contributed by atoms with Crippen molar-refractivity contribution in [2.75, 3.05) is 65.2 Å². The van der Waals surface area contributed by atoms with Gasteiger partial charge in [0.25, 0.3) is 0 Å². The van der Waals surface area contributed by atoms with Crippen molar-refractivity contribution in [3.8, 4) is 11.5 Å². The minimum absolute atomic E-state index is 0.0383. The molecule has 3 aliphatic rings. The molecule has 0 bridgehead atoms. The van der Waals surface area contributed by atoms with E-state index in [1.165, 1.54) is 0 Å². The number of piperidine rings is 1. The van der Waals surface area contributed by atoms with E-state index in [4.69, 9.17) is 23.7 Å². The van der Waals surface area contributed by atoms with Gasteiger partial charge in [-0.25, -0.2) is 13.2 Å². The third-order valence-electron chi connectivity index (χ3n) is 10.9. The highest BCUT2D eigenvalue weighted by molar-refractivity contribution is 7.89. The molecule has 2 unspecified atom stereocenters. The Morgan fingerprint density at radius 2 is 1.73 bits per heavy atom. The van der Waals surface area contributed by atoms with Gasteiger partial charge >= 0.3 is 6.03 Å². The molecule has 0 radical (unpaired) electrons. The zero-order chi connectivity index (χ0) is 39.0. The van der Waals surface area contributed by atoms with Gasteiger partial charge in [0.15, 0.2) is 0 Å². The summed E-state index contributed by atoms with van der Waals surface area (Å²) < 4.78 is 59.9. The number of carbonyl (C=O) groups is 1. The first-order valence-electron chi connectivity index (χ1n) is 19.5. The van der Waals surface area contributed by atoms with E-state index in [2.05, 4.69) is 21.6 Å². The van der Waals surface area contributed by atoms with Gasteiger partial charge in [-0.1, -0.05) is 35.9 Å². The number of nitrogens with one attached hydrogen (secondary N) is 2. The molecule has 2 N–H and O–H groups in total. The molecular formula is C42H58N4O8S. The number of carbonyl (C=O) groups excluding carboxylic acids is 1. The molecule has 0 aromatic heterocycles. The molecule has 12 nitrogen and oxygen atoms in total. The summed E-state index contributed by atoms with van der Waals surface area (Å²) in [5.41, 5.74) is 3.28. The lowest BCUT2D eigenvalue weighted by molar-refractivity contribution is -0.0233. The van der Waals surface area contributed by atoms with E-state index in [0.29, 0.717) is 45.9 Å². The average molecular weight is 779 g/mol. The molecule has 3 aromatic rings. The Morgan fingerprint density at radius 3 is 2.44 bits per heavy atom. The van der Waals surface area contributed by atoms with E-state index < -0.39 is 27.7 Å². The summed E-state index contributed by atoms with van der Waals surface area (Å²) in [5.74, 6) is 1.44. The van der Waals surface area contributed by atoms with E-state index in [1.54, 1.807) is 30.7 Å². The highest BCUT2D eigenvalue weighted by Crippen LogP contribution is 2.40. The second kappa shape index (κ2) is 18.4. The normalized spacial score (nSPS) is 21.0. The second-order valence-electron chi connectivity index (χ2n) is 15.6. The highest BCUT2D eigenvalue weighted by Gasteiger charge is 2.45. The maximum atomic E-state index is 14.6. The van der Waals surface area contributed by atoms with Crippen molar-refractivity contribution in [3.63, 3.8) is 0 Å². The van der Waals surface area contributed by atoms with Crippen LogP contribution in [0.25, 0.3) is 0 Å². The predicted molar refractivity (Wildman–Crippen MR) is 213 cm³/mol. The first-order chi connectivity index (χ1) is 26.5. The van der Waals surface area contributed by atoms with Crippen molar-refractivity contribution in [3.05, 3.63) is 83.4 Å². The maximum Gasteiger partial charge on any atom is 0.315 e. The fraction of sp³-hybridized carbons (Fsp3) is 0.548. The number of aryl methyl sites for hydroxylation is 1. The summed E-state index contributed by atoms with van der Waals surface area (Å²) in [5, 5.41) is 6.25. The number of ether oxygens (including phenoxy) is 5. The summed E-state index contributed by atoms with van der Waals surface area (Å²) in [7, 11) is -0.600. The van der Waals surface area contributed by atoms with E-state index >= 15 is 0 Å². The quantitative estimate of drug-likeness (QED) is 0.178. The van der Waals surface area contributed by atoms with Gasteiger partial charge in [-0.3, -0.25) is 0 Å². The largest absolute Gasteiger partial charge is 0.497 e. The van der Waals surface area contributed by atoms with Gasteiger partial charge in [0.2, 0.25) is 10.0 Å². The van der Waals surface area contributed by atoms with Crippen LogP contribution in [-0.4, -0.2) is 103 Å². The molecule has 6 rings (SSSR count). The van der Waals surface area contributed by atoms with Gasteiger partial charge in [-0.2, -0.15) is 4.31 Å². The van der Waals surface area contributed by atoms with E-state index in [9.17, 15) is 13.2 Å². The molecular weight excluding hydrogens is 721 g/mol. The van der Waals surface area contributed by atoms with Gasteiger partial charge in [-0.15, -0.1) is 0 Å². The monoisotopic (exact) mass is 778 g/mol. The number of fused-ring (bicyclic) bond motifs is 1. The van der Waals surface area contributed by atoms with Gasteiger partial charge in [0.05, 0.1) is 36.9 Å². The minimum atomic E-state index is -3.96. The van der Waals surface area contributed by atoms with E-state index in [-0.39, 0.29) is 29.4 Å². The van der Waals surface area contributed by atoms with Gasteiger partial charge in [0, 0.05) is 63.6 Å². The Hall–Kier alpha value is -3.88. The van der Waals surface area contributed by atoms with Gasteiger partial charge < -0.3 is 39.2 Å². The van der Waals surface area contributed by atoms with Gasteiger partial charge in [-0.05, 0) is 100 Å². The van der Waals surface area contributed by atoms with Crippen LogP contribution in [-0.2, 0) is 30.8 Å². The number of sulfonamides is 1. The molecule has 0 aliphatic carbocycles. The third kappa shape index (κ3) is 10.5. The Kier molecular flexibility index (Phi) is 13.6. The Balaban J connectivity index is 1.29. The zero-order valence-electron chi connectivity index (χ0n) is 32.9. The van der Waals surface area contributed by atoms with Gasteiger partial charge in [0.1, 0.15) is 18.1 Å². The summed E-state index contributed by atoms with van der Waals surface area (Å²) in [6.07, 6.45) is 2.83. The number of methoxy groups -OCH3 is 2. The number of rotatable bonds is 15. The molecule has 3 atom stereocenters. The molecule has 3 aliphatic heterocycles. The summed E-state index contributed by atoms with van der Waals surface area (Å²) in [4.78, 5) is 15.8. The van der Waals surface area contributed by atoms with Crippen molar-refractivity contribution >= 4 is 21.7 Å². The smallest absolute Gasteiger partial charge is 0.315 e. The molecule has 2 saturated heterocycles. The number of anilines is 1. The van der Waals surface area contributed by atoms with Crippen LogP contribution in [0.5, 0.6) is 11.5 Å². The van der Waals surface area contributed by atoms with Crippen molar-refractivity contribution in [1.29, 1.82) is 0 Å². The molecule has 2 fully saturated rings. The third-order valence-corrected chi connectivity index (χ3v) is 12.8. The predicted octanol–water partition coefficient (Wildman–Crippen LogP) is 6.02. The van der Waals surface area contributed by atoms with Crippen LogP contribution in [0.3, 0.4) is 0 Å². The minimum Gasteiger partial charge on any atom is -0.497 e. The number of nitrogens with zero attached hydrogens (tertiary/aromatic N) is 2. The number of hydrogen-bond acceptors (Lipinski definition) is 9. The SMILES string of the molecule is COCCCN1CCOc2ccc(CO[C@H]3CN(S(=O)(=O)c4ccc(C)cc4)C(CC(C)(C)NC(=O)NC4CCOCC4)CC3c3ccc(OC)cc3)cc21. The lowest BCUT2D eigenvalue weighted by atomic mass is 9.80. The molecule has 3 heterocycles. The van der Waals surface area contributed by atoms with E-state index in [1.807, 2.05) is 69.3 Å². The first-order valence-corrected chi connectivity index (χ1v) is 20.9. The lowest BCUT2D eigenvalue weighted by Crippen LogP contribution is -2.58. The standard InChI is InChI=1S/C42H58N4O8S/c1-30-7-14-36(15-8-30)55(48,49)46-28-40(54-29-31-9-16-39-38(25-31)45(20-24-53-39)19-6-21-50-4)37(32-10-12-35(51-5)13-11-32)26-34(46)27-42(2,3)44-41(47)43-33-17-22-52-23-18-33/h7-16,25,33-34,37,40H,6,17-24,26-29H2,1-5H3,(H2,43,44,47)/t34?,37?,40-/m0/s1. The van der Waals surface area contributed by atoms with Crippen LogP contribution in [0.1, 0.15) is 68.6 Å². The molecule has 3 aromatic carbocycles. The molecule has 300 valence electrons. The molecule has 2 amide bonds. The Bertz CT molecular complexity index is 1820. The highest BCUT2D eigenvalue weighted by atomic mass is 32.2. The molecule has 13 heteroatoms.